The highest BCUT2D eigenvalue weighted by Gasteiger charge is 2.28. The molecule has 0 bridgehead atoms. The minimum Gasteiger partial charge on any atom is -0.507 e. The molecule has 5 heteroatoms. The van der Waals surface area contributed by atoms with Gasteiger partial charge in [0.05, 0.1) is 22.5 Å². The van der Waals surface area contributed by atoms with Gasteiger partial charge in [0.2, 0.25) is 0 Å². The van der Waals surface area contributed by atoms with Gasteiger partial charge < -0.3 is 9.67 Å². The van der Waals surface area contributed by atoms with E-state index >= 15 is 0 Å². The van der Waals surface area contributed by atoms with Crippen LogP contribution in [0.3, 0.4) is 0 Å². The maximum atomic E-state index is 11.7. The lowest BCUT2D eigenvalue weighted by molar-refractivity contribution is 0.446. The first-order valence-corrected chi connectivity index (χ1v) is 16.0. The van der Waals surface area contributed by atoms with Crippen LogP contribution in [0.1, 0.15) is 69.4 Å². The van der Waals surface area contributed by atoms with E-state index in [4.69, 9.17) is 15.0 Å². The zero-order chi connectivity index (χ0) is 33.1. The van der Waals surface area contributed by atoms with Gasteiger partial charge in [0.1, 0.15) is 17.1 Å². The lowest BCUT2D eigenvalue weighted by atomic mass is 9.79. The topological polar surface area (TPSA) is 63.8 Å². The molecule has 3 aromatic carbocycles. The van der Waals surface area contributed by atoms with Gasteiger partial charge in [0.15, 0.2) is 0 Å². The molecule has 6 rings (SSSR count). The van der Waals surface area contributed by atoms with E-state index in [0.29, 0.717) is 5.82 Å². The standard InChI is InChI=1S/C41H44N4O/c1-24-17-25(2)35(26(3)18-24)28-19-27(33-13-11-12-15-42-33)20-29(21-28)36-37-34(14-16-43-36)45(10)39(44-37)31-22-30(40(4,5)6)23-32(38(31)46)41(7,8)9/h11-23,46H,1-10H3. The number of benzene rings is 3. The molecule has 3 aromatic heterocycles. The molecule has 0 aliphatic rings. The molecule has 3 heterocycles. The van der Waals surface area contributed by atoms with Gasteiger partial charge in [-0.2, -0.15) is 0 Å². The van der Waals surface area contributed by atoms with E-state index in [0.717, 1.165) is 55.8 Å². The zero-order valence-electron chi connectivity index (χ0n) is 28.7. The molecule has 0 aliphatic heterocycles. The van der Waals surface area contributed by atoms with E-state index < -0.39 is 0 Å². The van der Waals surface area contributed by atoms with Gasteiger partial charge in [0, 0.05) is 36.1 Å². The second kappa shape index (κ2) is 11.2. The Hall–Kier alpha value is -4.77. The summed E-state index contributed by atoms with van der Waals surface area (Å²) in [6.07, 6.45) is 3.68. The molecule has 0 amide bonds. The number of phenolic OH excluding ortho intramolecular Hbond substituents is 1. The summed E-state index contributed by atoms with van der Waals surface area (Å²) in [5, 5.41) is 11.7. The van der Waals surface area contributed by atoms with Crippen LogP contribution < -0.4 is 0 Å². The Morgan fingerprint density at radius 2 is 1.37 bits per heavy atom. The third-order valence-corrected chi connectivity index (χ3v) is 8.96. The Morgan fingerprint density at radius 1 is 0.696 bits per heavy atom. The SMILES string of the molecule is Cc1cc(C)c(-c2cc(-c3ccccn3)cc(-c3nccc4c3nc(-c3cc(C(C)(C)C)cc(C(C)(C)C)c3O)n4C)c2)c(C)c1. The first-order chi connectivity index (χ1) is 21.6. The van der Waals surface area contributed by atoms with E-state index in [1.807, 2.05) is 43.7 Å². The molecule has 6 aromatic rings. The molecule has 0 spiro atoms. The number of phenols is 1. The van der Waals surface area contributed by atoms with E-state index in [-0.39, 0.29) is 16.6 Å². The molecule has 0 fully saturated rings. The maximum absolute atomic E-state index is 11.7. The van der Waals surface area contributed by atoms with Crippen molar-refractivity contribution in [1.29, 1.82) is 0 Å². The minimum absolute atomic E-state index is 0.103. The molecule has 5 nitrogen and oxygen atoms in total. The van der Waals surface area contributed by atoms with Gasteiger partial charge >= 0.3 is 0 Å². The van der Waals surface area contributed by atoms with Crippen molar-refractivity contribution in [2.75, 3.05) is 0 Å². The lowest BCUT2D eigenvalue weighted by Crippen LogP contribution is -2.17. The monoisotopic (exact) mass is 608 g/mol. The Morgan fingerprint density at radius 3 is 2.00 bits per heavy atom. The number of hydrogen-bond acceptors (Lipinski definition) is 4. The summed E-state index contributed by atoms with van der Waals surface area (Å²) >= 11 is 0. The van der Waals surface area contributed by atoms with Crippen LogP contribution in [0.4, 0.5) is 0 Å². The number of aryl methyl sites for hydroxylation is 4. The average molecular weight is 609 g/mol. The van der Waals surface area contributed by atoms with Gasteiger partial charge in [-0.3, -0.25) is 9.97 Å². The number of nitrogens with zero attached hydrogens (tertiary/aromatic N) is 4. The molecule has 0 unspecified atom stereocenters. The van der Waals surface area contributed by atoms with Crippen molar-refractivity contribution in [3.8, 4) is 50.8 Å². The predicted octanol–water partition coefficient (Wildman–Crippen LogP) is 10.3. The number of hydrogen-bond donors (Lipinski definition) is 1. The molecule has 0 atom stereocenters. The number of fused-ring (bicyclic) bond motifs is 1. The molecule has 0 saturated carbocycles. The van der Waals surface area contributed by atoms with Crippen molar-refractivity contribution < 1.29 is 5.11 Å². The van der Waals surface area contributed by atoms with E-state index in [1.54, 1.807) is 0 Å². The summed E-state index contributed by atoms with van der Waals surface area (Å²) < 4.78 is 2.08. The Labute approximate surface area is 273 Å². The highest BCUT2D eigenvalue weighted by Crippen LogP contribution is 2.43. The van der Waals surface area contributed by atoms with Crippen molar-refractivity contribution in [3.05, 3.63) is 107 Å². The number of aromatic nitrogens is 4. The summed E-state index contributed by atoms with van der Waals surface area (Å²) in [6, 6.07) is 23.3. The van der Waals surface area contributed by atoms with E-state index in [9.17, 15) is 5.11 Å². The van der Waals surface area contributed by atoms with Gasteiger partial charge in [-0.25, -0.2) is 4.98 Å². The summed E-state index contributed by atoms with van der Waals surface area (Å²) in [4.78, 5) is 14.9. The first-order valence-electron chi connectivity index (χ1n) is 16.0. The third kappa shape index (κ3) is 5.60. The van der Waals surface area contributed by atoms with Crippen molar-refractivity contribution in [2.45, 2.75) is 73.1 Å². The highest BCUT2D eigenvalue weighted by molar-refractivity contribution is 5.95. The minimum atomic E-state index is -0.244. The van der Waals surface area contributed by atoms with Crippen LogP contribution in [0.25, 0.3) is 56.1 Å². The van der Waals surface area contributed by atoms with E-state index in [2.05, 4.69) is 109 Å². The number of aromatic hydroxyl groups is 1. The molecule has 0 aliphatic carbocycles. The lowest BCUT2D eigenvalue weighted by Gasteiger charge is -2.27. The molecule has 46 heavy (non-hydrogen) atoms. The van der Waals surface area contributed by atoms with Gasteiger partial charge in [-0.15, -0.1) is 0 Å². The van der Waals surface area contributed by atoms with Crippen LogP contribution in [0.15, 0.2) is 79.1 Å². The molecule has 1 N–H and O–H groups in total. The molecular formula is C41H44N4O. The Kier molecular flexibility index (Phi) is 7.63. The van der Waals surface area contributed by atoms with Crippen LogP contribution in [0.5, 0.6) is 5.75 Å². The summed E-state index contributed by atoms with van der Waals surface area (Å²) in [6.45, 7) is 19.5. The number of pyridine rings is 2. The number of imidazole rings is 1. The molecule has 0 radical (unpaired) electrons. The van der Waals surface area contributed by atoms with Crippen molar-refractivity contribution >= 4 is 11.0 Å². The predicted molar refractivity (Wildman–Crippen MR) is 191 cm³/mol. The van der Waals surface area contributed by atoms with Crippen LogP contribution in [0.2, 0.25) is 0 Å². The number of rotatable bonds is 4. The van der Waals surface area contributed by atoms with Gasteiger partial charge in [-0.05, 0) is 102 Å². The van der Waals surface area contributed by atoms with E-state index in [1.165, 1.54) is 22.3 Å². The average Bonchev–Trinajstić information content (AvgIpc) is 3.32. The summed E-state index contributed by atoms with van der Waals surface area (Å²) in [5.41, 5.74) is 13.9. The van der Waals surface area contributed by atoms with Gasteiger partial charge in [-0.1, -0.05) is 71.4 Å². The van der Waals surface area contributed by atoms with Crippen LogP contribution in [-0.2, 0) is 17.9 Å². The Bertz CT molecular complexity index is 2080. The highest BCUT2D eigenvalue weighted by atomic mass is 16.3. The molecular weight excluding hydrogens is 564 g/mol. The normalized spacial score (nSPS) is 12.2. The second-order valence-corrected chi connectivity index (χ2v) is 14.7. The quantitative estimate of drug-likeness (QED) is 0.216. The fraction of sp³-hybridized carbons (Fsp3) is 0.293. The molecule has 234 valence electrons. The maximum Gasteiger partial charge on any atom is 0.144 e. The smallest absolute Gasteiger partial charge is 0.144 e. The first kappa shape index (κ1) is 31.2. The third-order valence-electron chi connectivity index (χ3n) is 8.96. The second-order valence-electron chi connectivity index (χ2n) is 14.7. The van der Waals surface area contributed by atoms with Crippen molar-refractivity contribution in [3.63, 3.8) is 0 Å². The zero-order valence-corrected chi connectivity index (χ0v) is 28.7. The van der Waals surface area contributed by atoms with Crippen LogP contribution >= 0.6 is 0 Å². The van der Waals surface area contributed by atoms with Crippen LogP contribution in [0, 0.1) is 20.8 Å². The fourth-order valence-corrected chi connectivity index (χ4v) is 6.61. The van der Waals surface area contributed by atoms with Crippen LogP contribution in [-0.4, -0.2) is 24.6 Å². The summed E-state index contributed by atoms with van der Waals surface area (Å²) in [5.74, 6) is 0.989. The Balaban J connectivity index is 1.62. The van der Waals surface area contributed by atoms with Crippen molar-refractivity contribution in [2.24, 2.45) is 7.05 Å². The van der Waals surface area contributed by atoms with Crippen molar-refractivity contribution in [1.82, 2.24) is 19.5 Å². The van der Waals surface area contributed by atoms with Gasteiger partial charge in [0.25, 0.3) is 0 Å². The largest absolute Gasteiger partial charge is 0.507 e. The molecule has 0 saturated heterocycles. The summed E-state index contributed by atoms with van der Waals surface area (Å²) in [7, 11) is 2.02. The fourth-order valence-electron chi connectivity index (χ4n) is 6.61.